The van der Waals surface area contributed by atoms with Crippen LogP contribution in [-0.4, -0.2) is 31.6 Å². The van der Waals surface area contributed by atoms with Crippen molar-refractivity contribution in [2.75, 3.05) is 32.5 Å². The first-order valence-corrected chi connectivity index (χ1v) is 7.97. The van der Waals surface area contributed by atoms with Crippen LogP contribution in [-0.2, 0) is 19.3 Å². The van der Waals surface area contributed by atoms with Gasteiger partial charge in [-0.1, -0.05) is 18.2 Å². The van der Waals surface area contributed by atoms with E-state index in [1.165, 1.54) is 16.7 Å². The Morgan fingerprint density at radius 3 is 2.29 bits per heavy atom. The fourth-order valence-electron chi connectivity index (χ4n) is 3.07. The lowest BCUT2D eigenvalue weighted by Gasteiger charge is -2.19. The Morgan fingerprint density at radius 2 is 1.62 bits per heavy atom. The zero-order valence-electron chi connectivity index (χ0n) is 14.0. The van der Waals surface area contributed by atoms with Crippen molar-refractivity contribution < 1.29 is 4.74 Å². The molecule has 0 amide bonds. The number of halogens is 2. The molecule has 0 atom stereocenters. The molecule has 132 valence electrons. The number of methoxy groups -OCH3 is 1. The van der Waals surface area contributed by atoms with Crippen LogP contribution >= 0.6 is 24.8 Å². The SMILES string of the molecule is COc1ccc2c(c1)CCN(CCc1ccc(N)cc1)CC2.Cl.Cl. The van der Waals surface area contributed by atoms with Gasteiger partial charge in [0.2, 0.25) is 0 Å². The Hall–Kier alpha value is -1.42. The number of rotatable bonds is 4. The molecule has 2 aromatic carbocycles. The fourth-order valence-corrected chi connectivity index (χ4v) is 3.07. The third-order valence-electron chi connectivity index (χ3n) is 4.50. The maximum atomic E-state index is 5.74. The molecule has 0 spiro atoms. The number of ether oxygens (including phenoxy) is 1. The van der Waals surface area contributed by atoms with Crippen molar-refractivity contribution in [2.45, 2.75) is 19.3 Å². The molecule has 24 heavy (non-hydrogen) atoms. The van der Waals surface area contributed by atoms with E-state index in [9.17, 15) is 0 Å². The Bertz CT molecular complexity index is 632. The quantitative estimate of drug-likeness (QED) is 0.834. The second-order valence-corrected chi connectivity index (χ2v) is 5.97. The van der Waals surface area contributed by atoms with Crippen LogP contribution in [0, 0.1) is 0 Å². The molecule has 3 rings (SSSR count). The van der Waals surface area contributed by atoms with Crippen molar-refractivity contribution in [1.82, 2.24) is 4.90 Å². The molecule has 0 aliphatic carbocycles. The predicted octanol–water partition coefficient (Wildman–Crippen LogP) is 3.76. The fraction of sp³-hybridized carbons (Fsp3) is 0.368. The molecule has 0 aromatic heterocycles. The molecule has 0 saturated carbocycles. The number of anilines is 1. The summed E-state index contributed by atoms with van der Waals surface area (Å²) in [4.78, 5) is 2.56. The molecule has 3 nitrogen and oxygen atoms in total. The van der Waals surface area contributed by atoms with Crippen LogP contribution in [0.5, 0.6) is 5.75 Å². The highest BCUT2D eigenvalue weighted by Crippen LogP contribution is 2.21. The van der Waals surface area contributed by atoms with Gasteiger partial charge >= 0.3 is 0 Å². The van der Waals surface area contributed by atoms with Gasteiger partial charge in [0.15, 0.2) is 0 Å². The van der Waals surface area contributed by atoms with Gasteiger partial charge in [-0.05, 0) is 60.2 Å². The van der Waals surface area contributed by atoms with Crippen molar-refractivity contribution >= 4 is 30.5 Å². The number of nitrogens with zero attached hydrogens (tertiary/aromatic N) is 1. The van der Waals surface area contributed by atoms with E-state index in [1.807, 2.05) is 12.1 Å². The molecular formula is C19H26Cl2N2O. The minimum atomic E-state index is 0. The lowest BCUT2D eigenvalue weighted by Crippen LogP contribution is -2.28. The summed E-state index contributed by atoms with van der Waals surface area (Å²) in [5, 5.41) is 0. The average Bonchev–Trinajstić information content (AvgIpc) is 2.76. The Morgan fingerprint density at radius 1 is 0.958 bits per heavy atom. The maximum absolute atomic E-state index is 5.74. The normalized spacial score (nSPS) is 13.9. The van der Waals surface area contributed by atoms with Gasteiger partial charge in [-0.25, -0.2) is 0 Å². The van der Waals surface area contributed by atoms with Gasteiger partial charge < -0.3 is 15.4 Å². The molecule has 5 heteroatoms. The largest absolute Gasteiger partial charge is 0.497 e. The smallest absolute Gasteiger partial charge is 0.119 e. The van der Waals surface area contributed by atoms with Crippen LogP contribution in [0.15, 0.2) is 42.5 Å². The lowest BCUT2D eigenvalue weighted by molar-refractivity contribution is 0.291. The van der Waals surface area contributed by atoms with E-state index < -0.39 is 0 Å². The highest BCUT2D eigenvalue weighted by atomic mass is 35.5. The second kappa shape index (κ2) is 9.77. The molecule has 0 unspecified atom stereocenters. The topological polar surface area (TPSA) is 38.5 Å². The summed E-state index contributed by atoms with van der Waals surface area (Å²) >= 11 is 0. The minimum Gasteiger partial charge on any atom is -0.497 e. The second-order valence-electron chi connectivity index (χ2n) is 5.97. The van der Waals surface area contributed by atoms with E-state index >= 15 is 0 Å². The van der Waals surface area contributed by atoms with E-state index in [1.54, 1.807) is 7.11 Å². The summed E-state index contributed by atoms with van der Waals surface area (Å²) in [6.45, 7) is 3.36. The molecule has 0 bridgehead atoms. The number of benzene rings is 2. The van der Waals surface area contributed by atoms with Crippen molar-refractivity contribution in [3.8, 4) is 5.75 Å². The Kier molecular flexibility index (Phi) is 8.40. The molecule has 0 fully saturated rings. The highest BCUT2D eigenvalue weighted by Gasteiger charge is 2.14. The highest BCUT2D eigenvalue weighted by molar-refractivity contribution is 5.85. The zero-order valence-corrected chi connectivity index (χ0v) is 15.7. The number of hydrogen-bond acceptors (Lipinski definition) is 3. The van der Waals surface area contributed by atoms with Gasteiger partial charge in [0.05, 0.1) is 7.11 Å². The van der Waals surface area contributed by atoms with Crippen LogP contribution in [0.3, 0.4) is 0 Å². The maximum Gasteiger partial charge on any atom is 0.119 e. The molecular weight excluding hydrogens is 343 g/mol. The summed E-state index contributed by atoms with van der Waals surface area (Å²) in [5.74, 6) is 0.967. The van der Waals surface area contributed by atoms with Gasteiger partial charge in [-0.15, -0.1) is 24.8 Å². The van der Waals surface area contributed by atoms with Crippen LogP contribution in [0.1, 0.15) is 16.7 Å². The van der Waals surface area contributed by atoms with Crippen LogP contribution < -0.4 is 10.5 Å². The molecule has 1 aliphatic rings. The lowest BCUT2D eigenvalue weighted by atomic mass is 10.0. The summed E-state index contributed by atoms with van der Waals surface area (Å²) < 4.78 is 5.34. The zero-order chi connectivity index (χ0) is 15.4. The first kappa shape index (κ1) is 20.6. The van der Waals surface area contributed by atoms with Crippen molar-refractivity contribution in [1.29, 1.82) is 0 Å². The number of hydrogen-bond donors (Lipinski definition) is 1. The molecule has 1 aliphatic heterocycles. The third kappa shape index (κ3) is 5.30. The van der Waals surface area contributed by atoms with Crippen LogP contribution in [0.25, 0.3) is 0 Å². The summed E-state index contributed by atoms with van der Waals surface area (Å²) in [6.07, 6.45) is 3.31. The standard InChI is InChI=1S/C19H24N2O.2ClH/c1-22-19-7-4-16-9-12-21(13-10-17(16)14-19)11-8-15-2-5-18(20)6-3-15;;/h2-7,14H,8-13,20H2,1H3;2*1H. The van der Waals surface area contributed by atoms with Crippen molar-refractivity contribution in [2.24, 2.45) is 0 Å². The van der Waals surface area contributed by atoms with Gasteiger partial charge in [-0.3, -0.25) is 0 Å². The number of nitrogen functional groups attached to an aromatic ring is 1. The van der Waals surface area contributed by atoms with Crippen molar-refractivity contribution in [3.63, 3.8) is 0 Å². The van der Waals surface area contributed by atoms with E-state index in [2.05, 4.69) is 35.2 Å². The molecule has 2 aromatic rings. The molecule has 0 radical (unpaired) electrons. The third-order valence-corrected chi connectivity index (χ3v) is 4.50. The van der Waals surface area contributed by atoms with E-state index in [0.717, 1.165) is 50.3 Å². The van der Waals surface area contributed by atoms with E-state index in [0.29, 0.717) is 0 Å². The summed E-state index contributed by atoms with van der Waals surface area (Å²) in [5.41, 5.74) is 10.8. The Labute approximate surface area is 157 Å². The minimum absolute atomic E-state index is 0. The first-order chi connectivity index (χ1) is 10.7. The van der Waals surface area contributed by atoms with Crippen LogP contribution in [0.4, 0.5) is 5.69 Å². The van der Waals surface area contributed by atoms with Crippen LogP contribution in [0.2, 0.25) is 0 Å². The molecule has 2 N–H and O–H groups in total. The molecule has 0 saturated heterocycles. The van der Waals surface area contributed by atoms with Gasteiger partial charge in [-0.2, -0.15) is 0 Å². The van der Waals surface area contributed by atoms with E-state index in [-0.39, 0.29) is 24.8 Å². The summed E-state index contributed by atoms with van der Waals surface area (Å²) in [6, 6.07) is 14.7. The predicted molar refractivity (Wildman–Crippen MR) is 106 cm³/mol. The summed E-state index contributed by atoms with van der Waals surface area (Å²) in [7, 11) is 1.73. The average molecular weight is 369 g/mol. The Balaban J connectivity index is 0.00000144. The number of nitrogens with two attached hydrogens (primary N) is 1. The number of fused-ring (bicyclic) bond motifs is 1. The van der Waals surface area contributed by atoms with E-state index in [4.69, 9.17) is 10.5 Å². The molecule has 1 heterocycles. The van der Waals surface area contributed by atoms with Gasteiger partial charge in [0.25, 0.3) is 0 Å². The van der Waals surface area contributed by atoms with Gasteiger partial charge in [0, 0.05) is 25.3 Å². The van der Waals surface area contributed by atoms with Crippen molar-refractivity contribution in [3.05, 3.63) is 59.2 Å². The van der Waals surface area contributed by atoms with Gasteiger partial charge in [0.1, 0.15) is 5.75 Å². The first-order valence-electron chi connectivity index (χ1n) is 7.97. The monoisotopic (exact) mass is 368 g/mol.